The average Bonchev–Trinajstić information content (AvgIpc) is 3.09. The predicted molar refractivity (Wildman–Crippen MR) is 219 cm³/mol. The van der Waals surface area contributed by atoms with E-state index in [1.54, 1.807) is 0 Å². The zero-order chi connectivity index (χ0) is 35.5. The van der Waals surface area contributed by atoms with Gasteiger partial charge in [0.05, 0.1) is 17.1 Å². The Morgan fingerprint density at radius 3 is 0.627 bits per heavy atom. The molecule has 3 nitrogen and oxygen atoms in total. The second kappa shape index (κ2) is 14.4. The van der Waals surface area contributed by atoms with Crippen molar-refractivity contribution in [1.82, 2.24) is 0 Å². The molecule has 252 valence electrons. The van der Waals surface area contributed by atoms with E-state index in [9.17, 15) is 0 Å². The van der Waals surface area contributed by atoms with E-state index in [4.69, 9.17) is 0 Å². The lowest BCUT2D eigenvalue weighted by molar-refractivity contribution is 1.20. The summed E-state index contributed by atoms with van der Waals surface area (Å²) in [5.41, 5.74) is 17.2. The molecule has 0 radical (unpaired) electrons. The van der Waals surface area contributed by atoms with Crippen molar-refractivity contribution in [2.45, 2.75) is 41.5 Å². The Balaban J connectivity index is 1.57. The van der Waals surface area contributed by atoms with Gasteiger partial charge in [0.2, 0.25) is 0 Å². The van der Waals surface area contributed by atoms with Gasteiger partial charge in [0, 0.05) is 34.1 Å². The van der Waals surface area contributed by atoms with E-state index < -0.39 is 0 Å². The third kappa shape index (κ3) is 7.44. The van der Waals surface area contributed by atoms with Crippen LogP contribution in [0.4, 0.5) is 51.2 Å². The van der Waals surface area contributed by atoms with Crippen molar-refractivity contribution in [2.24, 2.45) is 0 Å². The largest absolute Gasteiger partial charge is 0.310 e. The van der Waals surface area contributed by atoms with Crippen LogP contribution in [0, 0.1) is 41.5 Å². The molecule has 0 aliphatic carbocycles. The molecule has 0 saturated carbocycles. The molecule has 0 aromatic heterocycles. The lowest BCUT2D eigenvalue weighted by Crippen LogP contribution is -2.16. The summed E-state index contributed by atoms with van der Waals surface area (Å²) < 4.78 is 0. The molecule has 0 aliphatic rings. The van der Waals surface area contributed by atoms with Gasteiger partial charge in [0.25, 0.3) is 0 Å². The minimum atomic E-state index is 1.06. The number of para-hydroxylation sites is 3. The zero-order valence-electron chi connectivity index (χ0n) is 30.4. The van der Waals surface area contributed by atoms with Gasteiger partial charge in [0.1, 0.15) is 0 Å². The molecule has 51 heavy (non-hydrogen) atoms. The van der Waals surface area contributed by atoms with Gasteiger partial charge in [-0.1, -0.05) is 72.8 Å². The molecule has 0 atom stereocenters. The Hall–Kier alpha value is -6.06. The summed E-state index contributed by atoms with van der Waals surface area (Å²) in [7, 11) is 0. The number of hydrogen-bond donors (Lipinski definition) is 0. The Morgan fingerprint density at radius 2 is 0.412 bits per heavy atom. The summed E-state index contributed by atoms with van der Waals surface area (Å²) in [4.78, 5) is 7.17. The lowest BCUT2D eigenvalue weighted by atomic mass is 10.1. The molecule has 0 N–H and O–H groups in total. The molecule has 3 heteroatoms. The van der Waals surface area contributed by atoms with Gasteiger partial charge in [-0.3, -0.25) is 0 Å². The number of rotatable bonds is 9. The normalized spacial score (nSPS) is 10.9. The van der Waals surface area contributed by atoms with Crippen molar-refractivity contribution in [3.63, 3.8) is 0 Å². The Labute approximate surface area is 303 Å². The number of benzene rings is 7. The number of aryl methyl sites for hydroxylation is 6. The molecule has 7 aromatic rings. The van der Waals surface area contributed by atoms with Crippen molar-refractivity contribution < 1.29 is 0 Å². The van der Waals surface area contributed by atoms with Crippen LogP contribution < -0.4 is 14.7 Å². The molecule has 7 aromatic carbocycles. The van der Waals surface area contributed by atoms with Gasteiger partial charge >= 0.3 is 0 Å². The van der Waals surface area contributed by atoms with Crippen LogP contribution in [0.1, 0.15) is 33.4 Å². The second-order valence-electron chi connectivity index (χ2n) is 13.8. The molecule has 0 heterocycles. The van der Waals surface area contributed by atoms with E-state index in [2.05, 4.69) is 220 Å². The monoisotopic (exact) mass is 663 g/mol. The minimum Gasteiger partial charge on any atom is -0.310 e. The highest BCUT2D eigenvalue weighted by Gasteiger charge is 2.23. The smallest absolute Gasteiger partial charge is 0.0503 e. The Bertz CT molecular complexity index is 1940. The van der Waals surface area contributed by atoms with Gasteiger partial charge in [-0.05, 0) is 166 Å². The van der Waals surface area contributed by atoms with Crippen LogP contribution in [0.3, 0.4) is 0 Å². The van der Waals surface area contributed by atoms with Gasteiger partial charge in [0.15, 0.2) is 0 Å². The lowest BCUT2D eigenvalue weighted by Gasteiger charge is -2.33. The standard InChI is InChI=1S/C48H45N3/c1-34-22-35(2)26-43(25-34)49(40-16-10-7-11-17-40)46-31-47(50(41-18-12-8-13-19-41)44-27-36(3)23-37(4)28-44)33-48(32-46)51(42-20-14-9-15-21-42)45-29-38(5)24-39(6)30-45/h7-33H,1-6H3. The molecule has 0 fully saturated rings. The molecule has 0 unspecified atom stereocenters. The van der Waals surface area contributed by atoms with E-state index in [1.807, 2.05) is 0 Å². The highest BCUT2D eigenvalue weighted by Crippen LogP contribution is 2.46. The molecule has 0 saturated heterocycles. The number of nitrogens with zero attached hydrogens (tertiary/aromatic N) is 3. The van der Waals surface area contributed by atoms with E-state index in [0.717, 1.165) is 51.2 Å². The maximum Gasteiger partial charge on any atom is 0.0503 e. The summed E-state index contributed by atoms with van der Waals surface area (Å²) in [5.74, 6) is 0. The maximum atomic E-state index is 2.39. The fourth-order valence-corrected chi connectivity index (χ4v) is 7.28. The molecule has 7 rings (SSSR count). The first-order valence-electron chi connectivity index (χ1n) is 17.7. The highest BCUT2D eigenvalue weighted by molar-refractivity contribution is 5.89. The third-order valence-corrected chi connectivity index (χ3v) is 9.10. The molecule has 0 aliphatic heterocycles. The Morgan fingerprint density at radius 1 is 0.216 bits per heavy atom. The van der Waals surface area contributed by atoms with Gasteiger partial charge < -0.3 is 14.7 Å². The fourth-order valence-electron chi connectivity index (χ4n) is 7.28. The van der Waals surface area contributed by atoms with Crippen molar-refractivity contribution in [1.29, 1.82) is 0 Å². The van der Waals surface area contributed by atoms with E-state index in [-0.39, 0.29) is 0 Å². The maximum absolute atomic E-state index is 2.39. The highest BCUT2D eigenvalue weighted by atomic mass is 15.2. The molecule has 0 spiro atoms. The fraction of sp³-hybridized carbons (Fsp3) is 0.125. The summed E-state index contributed by atoms with van der Waals surface area (Å²) in [6, 6.07) is 59.6. The Kier molecular flexibility index (Phi) is 9.46. The van der Waals surface area contributed by atoms with Crippen molar-refractivity contribution >= 4 is 51.2 Å². The second-order valence-corrected chi connectivity index (χ2v) is 13.8. The van der Waals surface area contributed by atoms with Crippen molar-refractivity contribution in [3.8, 4) is 0 Å². The van der Waals surface area contributed by atoms with Crippen LogP contribution in [0.15, 0.2) is 164 Å². The SMILES string of the molecule is Cc1cc(C)cc(N(c2ccccc2)c2cc(N(c3ccccc3)c3cc(C)cc(C)c3)cc(N(c3ccccc3)c3cc(C)cc(C)c3)c2)c1. The van der Waals surface area contributed by atoms with Gasteiger partial charge in [-0.25, -0.2) is 0 Å². The first-order valence-corrected chi connectivity index (χ1v) is 17.7. The zero-order valence-corrected chi connectivity index (χ0v) is 30.4. The predicted octanol–water partition coefficient (Wildman–Crippen LogP) is 13.9. The van der Waals surface area contributed by atoms with E-state index in [1.165, 1.54) is 33.4 Å². The van der Waals surface area contributed by atoms with Gasteiger partial charge in [-0.15, -0.1) is 0 Å². The van der Waals surface area contributed by atoms with Crippen molar-refractivity contribution in [3.05, 3.63) is 197 Å². The minimum absolute atomic E-state index is 1.06. The number of anilines is 9. The first kappa shape index (κ1) is 33.4. The first-order chi connectivity index (χ1) is 24.7. The van der Waals surface area contributed by atoms with E-state index >= 15 is 0 Å². The molecule has 0 bridgehead atoms. The average molecular weight is 664 g/mol. The third-order valence-electron chi connectivity index (χ3n) is 9.10. The van der Waals surface area contributed by atoms with Crippen LogP contribution in [0.25, 0.3) is 0 Å². The van der Waals surface area contributed by atoms with Crippen LogP contribution in [-0.4, -0.2) is 0 Å². The number of hydrogen-bond acceptors (Lipinski definition) is 3. The van der Waals surface area contributed by atoms with Crippen LogP contribution in [0.2, 0.25) is 0 Å². The molecule has 0 amide bonds. The quantitative estimate of drug-likeness (QED) is 0.152. The van der Waals surface area contributed by atoms with Gasteiger partial charge in [-0.2, -0.15) is 0 Å². The molecular weight excluding hydrogens is 619 g/mol. The molecular formula is C48H45N3. The van der Waals surface area contributed by atoms with Crippen LogP contribution in [-0.2, 0) is 0 Å². The summed E-state index contributed by atoms with van der Waals surface area (Å²) >= 11 is 0. The summed E-state index contributed by atoms with van der Waals surface area (Å²) in [6.45, 7) is 13.1. The van der Waals surface area contributed by atoms with Crippen LogP contribution >= 0.6 is 0 Å². The van der Waals surface area contributed by atoms with E-state index in [0.29, 0.717) is 0 Å². The van der Waals surface area contributed by atoms with Crippen LogP contribution in [0.5, 0.6) is 0 Å². The topological polar surface area (TPSA) is 9.72 Å². The van der Waals surface area contributed by atoms with Crippen molar-refractivity contribution in [2.75, 3.05) is 14.7 Å². The summed E-state index contributed by atoms with van der Waals surface area (Å²) in [6.07, 6.45) is 0. The summed E-state index contributed by atoms with van der Waals surface area (Å²) in [5, 5.41) is 0.